The van der Waals surface area contributed by atoms with E-state index >= 15 is 0 Å². The van der Waals surface area contributed by atoms with Gasteiger partial charge in [-0.3, -0.25) is 4.79 Å². The van der Waals surface area contributed by atoms with Crippen molar-refractivity contribution in [2.75, 3.05) is 13.2 Å². The molecule has 0 aromatic carbocycles. The molecule has 0 saturated heterocycles. The summed E-state index contributed by atoms with van der Waals surface area (Å²) < 4.78 is 0. The Morgan fingerprint density at radius 1 is 1.50 bits per heavy atom. The SMILES string of the molecule is CCC(=O)NC(CO)CO. The first-order chi connectivity index (χ1) is 4.74. The highest BCUT2D eigenvalue weighted by Crippen LogP contribution is 1.82. The Balaban J connectivity index is 3.52. The van der Waals surface area contributed by atoms with Gasteiger partial charge in [-0.1, -0.05) is 6.92 Å². The lowest BCUT2D eigenvalue weighted by Crippen LogP contribution is -2.39. The number of aliphatic hydroxyl groups is 2. The van der Waals surface area contributed by atoms with E-state index in [2.05, 4.69) is 5.32 Å². The summed E-state index contributed by atoms with van der Waals surface area (Å²) in [5, 5.41) is 19.4. The van der Waals surface area contributed by atoms with E-state index in [0.717, 1.165) is 0 Å². The summed E-state index contributed by atoms with van der Waals surface area (Å²) in [4.78, 5) is 10.6. The van der Waals surface area contributed by atoms with Crippen molar-refractivity contribution in [3.05, 3.63) is 0 Å². The normalized spacial score (nSPS) is 10.0. The van der Waals surface area contributed by atoms with E-state index in [1.165, 1.54) is 0 Å². The quantitative estimate of drug-likeness (QED) is 0.471. The molecule has 0 fully saturated rings. The fraction of sp³-hybridized carbons (Fsp3) is 0.833. The highest BCUT2D eigenvalue weighted by Gasteiger charge is 2.06. The summed E-state index contributed by atoms with van der Waals surface area (Å²) in [5.74, 6) is -0.159. The number of carbonyl (C=O) groups excluding carboxylic acids is 1. The maximum atomic E-state index is 10.6. The third-order valence-corrected chi connectivity index (χ3v) is 1.13. The van der Waals surface area contributed by atoms with Crippen molar-refractivity contribution in [3.63, 3.8) is 0 Å². The predicted octanol–water partition coefficient (Wildman–Crippen LogP) is -1.13. The second-order valence-corrected chi connectivity index (χ2v) is 1.98. The standard InChI is InChI=1S/C6H13NO3/c1-2-6(10)7-5(3-8)4-9/h5,8-9H,2-4H2,1H3,(H,7,10). The van der Waals surface area contributed by atoms with Gasteiger partial charge in [-0.15, -0.1) is 0 Å². The van der Waals surface area contributed by atoms with Gasteiger partial charge in [0.2, 0.25) is 5.91 Å². The van der Waals surface area contributed by atoms with Crippen LogP contribution in [-0.4, -0.2) is 35.4 Å². The van der Waals surface area contributed by atoms with Crippen LogP contribution in [-0.2, 0) is 4.79 Å². The largest absolute Gasteiger partial charge is 0.394 e. The third kappa shape index (κ3) is 3.42. The molecule has 0 aromatic heterocycles. The lowest BCUT2D eigenvalue weighted by molar-refractivity contribution is -0.122. The molecule has 0 radical (unpaired) electrons. The molecule has 0 atom stereocenters. The van der Waals surface area contributed by atoms with Crippen LogP contribution in [0.5, 0.6) is 0 Å². The monoisotopic (exact) mass is 147 g/mol. The smallest absolute Gasteiger partial charge is 0.220 e. The average molecular weight is 147 g/mol. The van der Waals surface area contributed by atoms with Gasteiger partial charge < -0.3 is 15.5 Å². The molecule has 0 heterocycles. The van der Waals surface area contributed by atoms with Gasteiger partial charge in [-0.2, -0.15) is 0 Å². The van der Waals surface area contributed by atoms with Gasteiger partial charge in [-0.05, 0) is 0 Å². The van der Waals surface area contributed by atoms with Crippen LogP contribution in [0.4, 0.5) is 0 Å². The molecule has 0 unspecified atom stereocenters. The van der Waals surface area contributed by atoms with Gasteiger partial charge in [-0.25, -0.2) is 0 Å². The van der Waals surface area contributed by atoms with E-state index < -0.39 is 6.04 Å². The Labute approximate surface area is 59.9 Å². The first kappa shape index (κ1) is 9.39. The molecule has 60 valence electrons. The van der Waals surface area contributed by atoms with Crippen molar-refractivity contribution >= 4 is 5.91 Å². The summed E-state index contributed by atoms with van der Waals surface area (Å²) in [6.07, 6.45) is 0.372. The zero-order chi connectivity index (χ0) is 7.98. The number of carbonyl (C=O) groups is 1. The number of rotatable bonds is 4. The molecule has 0 aliphatic rings. The maximum absolute atomic E-state index is 10.6. The first-order valence-corrected chi connectivity index (χ1v) is 3.25. The lowest BCUT2D eigenvalue weighted by Gasteiger charge is -2.11. The number of amides is 1. The number of aliphatic hydroxyl groups excluding tert-OH is 2. The predicted molar refractivity (Wildman–Crippen MR) is 36.4 cm³/mol. The third-order valence-electron chi connectivity index (χ3n) is 1.13. The summed E-state index contributed by atoms with van der Waals surface area (Å²) in [5.41, 5.74) is 0. The molecule has 3 N–H and O–H groups in total. The molecule has 1 amide bonds. The van der Waals surface area contributed by atoms with Crippen LogP contribution < -0.4 is 5.32 Å². The molecule has 10 heavy (non-hydrogen) atoms. The van der Waals surface area contributed by atoms with E-state index in [1.807, 2.05) is 0 Å². The summed E-state index contributed by atoms with van der Waals surface area (Å²) in [6, 6.07) is -0.507. The Morgan fingerprint density at radius 3 is 2.30 bits per heavy atom. The molecule has 0 saturated carbocycles. The zero-order valence-corrected chi connectivity index (χ0v) is 6.00. The van der Waals surface area contributed by atoms with Crippen molar-refractivity contribution in [2.45, 2.75) is 19.4 Å². The van der Waals surface area contributed by atoms with Crippen LogP contribution in [0.15, 0.2) is 0 Å². The molecular formula is C6H13NO3. The van der Waals surface area contributed by atoms with E-state index in [0.29, 0.717) is 6.42 Å². The molecule has 0 aliphatic carbocycles. The summed E-state index contributed by atoms with van der Waals surface area (Å²) in [7, 11) is 0. The van der Waals surface area contributed by atoms with Crippen LogP contribution in [0.25, 0.3) is 0 Å². The van der Waals surface area contributed by atoms with Crippen molar-refractivity contribution in [3.8, 4) is 0 Å². The van der Waals surface area contributed by atoms with Crippen molar-refractivity contribution < 1.29 is 15.0 Å². The van der Waals surface area contributed by atoms with Crippen LogP contribution in [0.2, 0.25) is 0 Å². The molecule has 0 spiro atoms. The molecule has 4 heteroatoms. The summed E-state index contributed by atoms with van der Waals surface area (Å²) in [6.45, 7) is 1.27. The van der Waals surface area contributed by atoms with Gasteiger partial charge in [0.05, 0.1) is 19.3 Å². The van der Waals surface area contributed by atoms with E-state index in [-0.39, 0.29) is 19.1 Å². The Morgan fingerprint density at radius 2 is 2.00 bits per heavy atom. The van der Waals surface area contributed by atoms with Gasteiger partial charge in [0, 0.05) is 6.42 Å². The molecule has 0 bridgehead atoms. The lowest BCUT2D eigenvalue weighted by atomic mass is 10.3. The van der Waals surface area contributed by atoms with Crippen molar-refractivity contribution in [2.24, 2.45) is 0 Å². The van der Waals surface area contributed by atoms with Crippen molar-refractivity contribution in [1.29, 1.82) is 0 Å². The maximum Gasteiger partial charge on any atom is 0.220 e. The fourth-order valence-corrected chi connectivity index (χ4v) is 0.479. The Kier molecular flexibility index (Phi) is 4.88. The van der Waals surface area contributed by atoms with Gasteiger partial charge in [0.1, 0.15) is 0 Å². The van der Waals surface area contributed by atoms with Crippen LogP contribution in [0.1, 0.15) is 13.3 Å². The Bertz CT molecular complexity index is 101. The molecule has 0 aromatic rings. The highest BCUT2D eigenvalue weighted by molar-refractivity contribution is 5.75. The average Bonchev–Trinajstić information content (AvgIpc) is 1.99. The zero-order valence-electron chi connectivity index (χ0n) is 6.00. The van der Waals surface area contributed by atoms with Gasteiger partial charge >= 0.3 is 0 Å². The second kappa shape index (κ2) is 5.20. The van der Waals surface area contributed by atoms with Crippen LogP contribution in [0.3, 0.4) is 0 Å². The first-order valence-electron chi connectivity index (χ1n) is 3.25. The van der Waals surface area contributed by atoms with E-state index in [4.69, 9.17) is 10.2 Å². The van der Waals surface area contributed by atoms with Crippen LogP contribution in [0, 0.1) is 0 Å². The minimum atomic E-state index is -0.507. The van der Waals surface area contributed by atoms with Gasteiger partial charge in [0.25, 0.3) is 0 Å². The van der Waals surface area contributed by atoms with E-state index in [1.54, 1.807) is 6.92 Å². The topological polar surface area (TPSA) is 69.6 Å². The molecule has 4 nitrogen and oxygen atoms in total. The van der Waals surface area contributed by atoms with Crippen molar-refractivity contribution in [1.82, 2.24) is 5.32 Å². The minimum Gasteiger partial charge on any atom is -0.394 e. The van der Waals surface area contributed by atoms with Crippen LogP contribution >= 0.6 is 0 Å². The van der Waals surface area contributed by atoms with E-state index in [9.17, 15) is 4.79 Å². The molecule has 0 aliphatic heterocycles. The number of hydrogen-bond acceptors (Lipinski definition) is 3. The Hall–Kier alpha value is -0.610. The highest BCUT2D eigenvalue weighted by atomic mass is 16.3. The molecular weight excluding hydrogens is 134 g/mol. The molecule has 0 rings (SSSR count). The summed E-state index contributed by atoms with van der Waals surface area (Å²) >= 11 is 0. The second-order valence-electron chi connectivity index (χ2n) is 1.98. The number of hydrogen-bond donors (Lipinski definition) is 3. The fourth-order valence-electron chi connectivity index (χ4n) is 0.479. The van der Waals surface area contributed by atoms with Gasteiger partial charge in [0.15, 0.2) is 0 Å². The number of nitrogens with one attached hydrogen (secondary N) is 1. The minimum absolute atomic E-state index is 0.159.